The zero-order valence-electron chi connectivity index (χ0n) is 25.8. The van der Waals surface area contributed by atoms with Gasteiger partial charge in [0.05, 0.1) is 63.3 Å². The molecule has 0 heterocycles. The molecule has 1 aliphatic carbocycles. The van der Waals surface area contributed by atoms with Crippen molar-refractivity contribution in [2.24, 2.45) is 0 Å². The molecule has 0 aliphatic heterocycles. The summed E-state index contributed by atoms with van der Waals surface area (Å²) in [6, 6.07) is 2.98. The number of hydrogen-bond acceptors (Lipinski definition) is 6. The third-order valence-corrected chi connectivity index (χ3v) is 6.59. The zero-order chi connectivity index (χ0) is 38.2. The first-order valence-electron chi connectivity index (χ1n) is 13.6. The summed E-state index contributed by atoms with van der Waals surface area (Å²) in [6.45, 7) is 22.7. The molecule has 1 fully saturated rings. The van der Waals surface area contributed by atoms with Crippen LogP contribution in [0.4, 0.5) is 37.7 Å². The molecule has 0 saturated heterocycles. The summed E-state index contributed by atoms with van der Waals surface area (Å²) in [5.74, 6) is -11.4. The second kappa shape index (κ2) is 12.5. The lowest BCUT2D eigenvalue weighted by molar-refractivity contribution is 0.577. The number of benzene rings is 3. The lowest BCUT2D eigenvalue weighted by Gasteiger charge is -2.08. The highest BCUT2D eigenvalue weighted by Crippen LogP contribution is 2.59. The van der Waals surface area contributed by atoms with E-state index in [4.69, 9.17) is 23.8 Å². The molecule has 222 valence electrons. The second-order valence-corrected chi connectivity index (χ2v) is 8.81. The molecule has 0 N–H and O–H groups in total. The average molecular weight is 642 g/mol. The molecule has 0 unspecified atom stereocenters. The van der Waals surface area contributed by atoms with Gasteiger partial charge in [0.2, 0.25) is 11.4 Å². The molecular weight excluding hydrogens is 636 g/mol. The SMILES string of the molecule is [2H]c1c(F)c(C#N)c(/C(C#N)=C2/C(=C(/C#N)c3c(C#N)c(F)c([2H])c(F)c3[N+]#[C-])/C2=C(/[N+]#[C-])c2c(C#N)c(F)c([2H])c(F)c2[N+]#[C-])c(C#N)c1F. The number of nitriles is 6. The summed E-state index contributed by atoms with van der Waals surface area (Å²) in [5.41, 5.74) is -17.8. The van der Waals surface area contributed by atoms with Crippen molar-refractivity contribution in [1.82, 2.24) is 0 Å². The maximum atomic E-state index is 15.1. The largest absolute Gasteiger partial charge is 0.238 e. The number of halogens is 6. The molecule has 3 aromatic carbocycles. The molecule has 3 aromatic rings. The van der Waals surface area contributed by atoms with Crippen LogP contribution in [-0.4, -0.2) is 0 Å². The maximum absolute atomic E-state index is 15.1. The van der Waals surface area contributed by atoms with Gasteiger partial charge in [-0.3, -0.25) is 0 Å². The van der Waals surface area contributed by atoms with Crippen LogP contribution in [0.5, 0.6) is 0 Å². The fraction of sp³-hybridized carbons (Fsp3) is 0. The van der Waals surface area contributed by atoms with E-state index in [9.17, 15) is 31.6 Å². The van der Waals surface area contributed by atoms with Gasteiger partial charge in [-0.1, -0.05) is 0 Å². The van der Waals surface area contributed by atoms with E-state index in [0.29, 0.717) is 0 Å². The molecule has 0 amide bonds. The Kier molecular flexibility index (Phi) is 7.44. The van der Waals surface area contributed by atoms with Crippen LogP contribution in [0.1, 0.15) is 43.1 Å². The Labute approximate surface area is 269 Å². The van der Waals surface area contributed by atoms with Crippen LogP contribution >= 0.6 is 0 Å². The van der Waals surface area contributed by atoms with Crippen molar-refractivity contribution in [2.75, 3.05) is 0 Å². The van der Waals surface area contributed by atoms with Crippen LogP contribution in [-0.2, 0) is 0 Å². The molecule has 0 aromatic heterocycles. The van der Waals surface area contributed by atoms with Gasteiger partial charge in [0.15, 0.2) is 5.70 Å². The summed E-state index contributed by atoms with van der Waals surface area (Å²) < 4.78 is 113. The van der Waals surface area contributed by atoms with Gasteiger partial charge in [-0.15, -0.1) is 0 Å². The number of rotatable bonds is 3. The summed E-state index contributed by atoms with van der Waals surface area (Å²) in [5, 5.41) is 59.5. The molecule has 1 aliphatic rings. The van der Waals surface area contributed by atoms with Gasteiger partial charge in [0.25, 0.3) is 0 Å². The zero-order valence-corrected chi connectivity index (χ0v) is 22.8. The number of allylic oxidation sites excluding steroid dienone is 5. The molecule has 4 rings (SSSR count). The first-order chi connectivity index (χ1) is 24.2. The smallest absolute Gasteiger partial charge is 0.231 e. The van der Waals surface area contributed by atoms with Gasteiger partial charge >= 0.3 is 0 Å². The van der Waals surface area contributed by atoms with Gasteiger partial charge < -0.3 is 0 Å². The predicted octanol–water partition coefficient (Wildman–Crippen LogP) is 7.71. The first kappa shape index (κ1) is 28.6. The van der Waals surface area contributed by atoms with E-state index in [1.807, 2.05) is 0 Å². The first-order valence-corrected chi connectivity index (χ1v) is 12.1. The topological polar surface area (TPSA) is 156 Å². The van der Waals surface area contributed by atoms with Gasteiger partial charge in [-0.05, 0) is 22.8 Å². The lowest BCUT2D eigenvalue weighted by atomic mass is 9.93. The summed E-state index contributed by atoms with van der Waals surface area (Å²) in [7, 11) is 0. The van der Waals surface area contributed by atoms with E-state index in [2.05, 4.69) is 14.5 Å². The Morgan fingerprint density at radius 3 is 1.21 bits per heavy atom. The predicted molar refractivity (Wildman–Crippen MR) is 149 cm³/mol. The fourth-order valence-corrected chi connectivity index (χ4v) is 4.67. The van der Waals surface area contributed by atoms with Crippen LogP contribution in [0.2, 0.25) is 0 Å². The van der Waals surface area contributed by atoms with Crippen LogP contribution in [0, 0.1) is 123 Å². The van der Waals surface area contributed by atoms with Crippen molar-refractivity contribution in [3.05, 3.63) is 143 Å². The van der Waals surface area contributed by atoms with Crippen molar-refractivity contribution < 1.29 is 30.5 Å². The quantitative estimate of drug-likeness (QED) is 0.162. The van der Waals surface area contributed by atoms with Gasteiger partial charge in [0, 0.05) is 28.8 Å². The Balaban J connectivity index is 2.51. The molecule has 15 heteroatoms. The number of nitrogens with zero attached hydrogens (tertiary/aromatic N) is 9. The molecule has 48 heavy (non-hydrogen) atoms. The van der Waals surface area contributed by atoms with Crippen LogP contribution in [0.25, 0.3) is 31.4 Å². The standard InChI is InChI=1S/C33H3F6N9/c1-46-31-23(38)5-21(36)15(9-42)26(31)18(12-45)28-27(17(11-44)25-13(7-40)19(34)4-20(35)14(25)8-41)30(28)33(48-3)29-16(10-43)22(37)6-24(39)32(29)47-2/h4-6H/b27-17-,28-18+,33-30+/i4D,5D,6D. The Hall–Kier alpha value is -8.13. The minimum absolute atomic E-state index is 0.919. The Bertz CT molecular complexity index is 2310. The normalized spacial score (nSPS) is 15.1. The monoisotopic (exact) mass is 642 g/mol. The summed E-state index contributed by atoms with van der Waals surface area (Å²) >= 11 is 0. The Morgan fingerprint density at radius 1 is 0.521 bits per heavy atom. The van der Waals surface area contributed by atoms with Crippen molar-refractivity contribution in [1.29, 1.82) is 31.6 Å². The third kappa shape index (κ3) is 4.77. The lowest BCUT2D eigenvalue weighted by Crippen LogP contribution is -2.01. The van der Waals surface area contributed by atoms with Crippen LogP contribution in [0.15, 0.2) is 34.8 Å². The highest BCUT2D eigenvalue weighted by molar-refractivity contribution is 6.14. The van der Waals surface area contributed by atoms with Gasteiger partial charge in [0.1, 0.15) is 65.2 Å². The highest BCUT2D eigenvalue weighted by atomic mass is 19.2. The van der Waals surface area contributed by atoms with Crippen molar-refractivity contribution in [3.63, 3.8) is 0 Å². The van der Waals surface area contributed by atoms with Crippen molar-refractivity contribution in [3.8, 4) is 36.4 Å². The van der Waals surface area contributed by atoms with E-state index < -0.39 is 137 Å². The highest BCUT2D eigenvalue weighted by Gasteiger charge is 2.44. The van der Waals surface area contributed by atoms with E-state index in [-0.39, 0.29) is 0 Å². The van der Waals surface area contributed by atoms with E-state index in [0.717, 1.165) is 0 Å². The molecule has 1 saturated carbocycles. The average Bonchev–Trinajstić information content (AvgIpc) is 3.84. The fourth-order valence-electron chi connectivity index (χ4n) is 4.67. The van der Waals surface area contributed by atoms with E-state index in [1.165, 1.54) is 36.4 Å². The molecule has 0 atom stereocenters. The van der Waals surface area contributed by atoms with E-state index in [1.54, 1.807) is 0 Å². The van der Waals surface area contributed by atoms with Gasteiger partial charge in [-0.25, -0.2) is 40.9 Å². The van der Waals surface area contributed by atoms with E-state index >= 15 is 26.3 Å². The summed E-state index contributed by atoms with van der Waals surface area (Å²) in [4.78, 5) is 8.72. The minimum atomic E-state index is -1.91. The molecule has 9 nitrogen and oxygen atoms in total. The molecular formula is C33H3F6N9. The minimum Gasteiger partial charge on any atom is -0.238 e. The summed E-state index contributed by atoms with van der Waals surface area (Å²) in [6.07, 6.45) is 0. The molecule has 0 bridgehead atoms. The van der Waals surface area contributed by atoms with Crippen LogP contribution in [0.3, 0.4) is 0 Å². The third-order valence-electron chi connectivity index (χ3n) is 6.59. The maximum Gasteiger partial charge on any atom is 0.231 e. The van der Waals surface area contributed by atoms with Crippen LogP contribution < -0.4 is 0 Å². The van der Waals surface area contributed by atoms with Crippen molar-refractivity contribution in [2.45, 2.75) is 0 Å². The second-order valence-electron chi connectivity index (χ2n) is 8.81. The number of hydrogen-bond donors (Lipinski definition) is 0. The van der Waals surface area contributed by atoms with Gasteiger partial charge in [-0.2, -0.15) is 31.6 Å². The Morgan fingerprint density at radius 2 is 0.854 bits per heavy atom. The molecule has 0 radical (unpaired) electrons. The van der Waals surface area contributed by atoms with Crippen molar-refractivity contribution >= 4 is 28.2 Å². The molecule has 0 spiro atoms.